The number of nitrogens with zero attached hydrogens (tertiary/aromatic N) is 4. The van der Waals surface area contributed by atoms with Gasteiger partial charge in [-0.1, -0.05) is 29.8 Å². The van der Waals surface area contributed by atoms with Crippen LogP contribution in [0.2, 0.25) is 0 Å². The maximum atomic E-state index is 13.8. The molecule has 2 amide bonds. The van der Waals surface area contributed by atoms with Crippen LogP contribution in [0.15, 0.2) is 47.3 Å². The Morgan fingerprint density at radius 3 is 2.62 bits per heavy atom. The van der Waals surface area contributed by atoms with Crippen LogP contribution in [0.1, 0.15) is 43.8 Å². The third-order valence-electron chi connectivity index (χ3n) is 6.93. The van der Waals surface area contributed by atoms with E-state index in [1.165, 1.54) is 0 Å². The number of benzene rings is 2. The molecule has 37 heavy (non-hydrogen) atoms. The van der Waals surface area contributed by atoms with Crippen molar-refractivity contribution in [3.63, 3.8) is 0 Å². The van der Waals surface area contributed by atoms with Gasteiger partial charge in [0.15, 0.2) is 0 Å². The minimum absolute atomic E-state index is 0.0931. The Labute approximate surface area is 217 Å². The van der Waals surface area contributed by atoms with Crippen LogP contribution in [0.3, 0.4) is 0 Å². The second-order valence-corrected chi connectivity index (χ2v) is 9.59. The van der Waals surface area contributed by atoms with Crippen LogP contribution in [0.25, 0.3) is 16.6 Å². The molecule has 1 fully saturated rings. The van der Waals surface area contributed by atoms with Gasteiger partial charge < -0.3 is 15.0 Å². The predicted molar refractivity (Wildman–Crippen MR) is 143 cm³/mol. The van der Waals surface area contributed by atoms with Gasteiger partial charge in [0.05, 0.1) is 29.2 Å². The van der Waals surface area contributed by atoms with Crippen molar-refractivity contribution in [1.29, 1.82) is 0 Å². The standard InChI is InChI=1S/C28H35N5O4/c1-6-37-25(34)16-29-28(36)32-14-13-31(17-20(32)4)21(5)26-30-23-10-8-7-9-22(23)27(35)33(26)24-12-11-18(2)15-19(24)3/h7-12,15,20-21H,6,13-14,16-17H2,1-5H3,(H,29,36). The fraction of sp³-hybridized carbons (Fsp3) is 0.429. The zero-order valence-electron chi connectivity index (χ0n) is 22.2. The van der Waals surface area contributed by atoms with Gasteiger partial charge in [-0.3, -0.25) is 19.1 Å². The number of hydrogen-bond acceptors (Lipinski definition) is 6. The van der Waals surface area contributed by atoms with Crippen molar-refractivity contribution in [1.82, 2.24) is 24.7 Å². The molecule has 1 N–H and O–H groups in total. The zero-order chi connectivity index (χ0) is 26.7. The summed E-state index contributed by atoms with van der Waals surface area (Å²) >= 11 is 0. The summed E-state index contributed by atoms with van der Waals surface area (Å²) in [5.41, 5.74) is 3.53. The molecule has 0 aliphatic carbocycles. The molecule has 4 rings (SSSR count). The summed E-state index contributed by atoms with van der Waals surface area (Å²) in [7, 11) is 0. The monoisotopic (exact) mass is 505 g/mol. The highest BCUT2D eigenvalue weighted by Crippen LogP contribution is 2.26. The van der Waals surface area contributed by atoms with Crippen molar-refractivity contribution in [3.05, 3.63) is 69.8 Å². The average Bonchev–Trinajstić information content (AvgIpc) is 2.87. The minimum Gasteiger partial charge on any atom is -0.465 e. The lowest BCUT2D eigenvalue weighted by atomic mass is 10.1. The highest BCUT2D eigenvalue weighted by atomic mass is 16.5. The van der Waals surface area contributed by atoms with Crippen LogP contribution in [-0.4, -0.2) is 70.2 Å². The number of aromatic nitrogens is 2. The number of amides is 2. The minimum atomic E-state index is -0.456. The van der Waals surface area contributed by atoms with E-state index < -0.39 is 5.97 Å². The number of carbonyl (C=O) groups is 2. The molecule has 9 nitrogen and oxygen atoms in total. The van der Waals surface area contributed by atoms with Crippen molar-refractivity contribution >= 4 is 22.9 Å². The summed E-state index contributed by atoms with van der Waals surface area (Å²) < 4.78 is 6.63. The molecule has 0 radical (unpaired) electrons. The SMILES string of the molecule is CCOC(=O)CNC(=O)N1CCN(C(C)c2nc3ccccc3c(=O)n2-c2ccc(C)cc2C)CC1C. The summed E-state index contributed by atoms with van der Waals surface area (Å²) in [4.78, 5) is 47.0. The Morgan fingerprint density at radius 2 is 1.92 bits per heavy atom. The highest BCUT2D eigenvalue weighted by Gasteiger charge is 2.32. The third-order valence-corrected chi connectivity index (χ3v) is 6.93. The van der Waals surface area contributed by atoms with Crippen LogP contribution in [0.4, 0.5) is 4.79 Å². The summed E-state index contributed by atoms with van der Waals surface area (Å²) in [6, 6.07) is 12.9. The number of piperazine rings is 1. The fourth-order valence-electron chi connectivity index (χ4n) is 4.98. The molecule has 1 aliphatic rings. The van der Waals surface area contributed by atoms with E-state index in [2.05, 4.69) is 23.2 Å². The van der Waals surface area contributed by atoms with E-state index in [9.17, 15) is 14.4 Å². The summed E-state index contributed by atoms with van der Waals surface area (Å²) in [5, 5.41) is 3.23. The van der Waals surface area contributed by atoms with E-state index in [4.69, 9.17) is 9.72 Å². The maximum absolute atomic E-state index is 13.8. The molecule has 1 aromatic heterocycles. The largest absolute Gasteiger partial charge is 0.465 e. The van der Waals surface area contributed by atoms with Crippen LogP contribution in [0.5, 0.6) is 0 Å². The number of aryl methyl sites for hydroxylation is 2. The van der Waals surface area contributed by atoms with E-state index in [1.54, 1.807) is 16.4 Å². The molecule has 0 saturated carbocycles. The Bertz CT molecular complexity index is 1370. The topological polar surface area (TPSA) is 96.8 Å². The molecule has 3 aromatic rings. The Kier molecular flexibility index (Phi) is 7.92. The molecular formula is C28H35N5O4. The lowest BCUT2D eigenvalue weighted by Crippen LogP contribution is -2.57. The molecule has 2 aromatic carbocycles. The van der Waals surface area contributed by atoms with Crippen LogP contribution >= 0.6 is 0 Å². The third kappa shape index (κ3) is 5.51. The van der Waals surface area contributed by atoms with Crippen molar-refractivity contribution in [2.24, 2.45) is 0 Å². The fourth-order valence-corrected chi connectivity index (χ4v) is 4.98. The summed E-state index contributed by atoms with van der Waals surface area (Å²) in [5.74, 6) is 0.213. The summed E-state index contributed by atoms with van der Waals surface area (Å²) in [6.07, 6.45) is 0. The van der Waals surface area contributed by atoms with Gasteiger partial charge in [0.25, 0.3) is 5.56 Å². The average molecular weight is 506 g/mol. The van der Waals surface area contributed by atoms with Crippen molar-refractivity contribution < 1.29 is 14.3 Å². The Balaban J connectivity index is 1.62. The molecule has 2 unspecified atom stereocenters. The van der Waals surface area contributed by atoms with Gasteiger partial charge in [-0.2, -0.15) is 0 Å². The van der Waals surface area contributed by atoms with Crippen molar-refractivity contribution in [3.8, 4) is 5.69 Å². The molecule has 1 saturated heterocycles. The molecule has 0 bridgehead atoms. The van der Waals surface area contributed by atoms with Gasteiger partial charge in [-0.25, -0.2) is 9.78 Å². The lowest BCUT2D eigenvalue weighted by Gasteiger charge is -2.42. The molecular weight excluding hydrogens is 470 g/mol. The van der Waals surface area contributed by atoms with E-state index in [1.807, 2.05) is 57.2 Å². The van der Waals surface area contributed by atoms with Crippen LogP contribution < -0.4 is 10.9 Å². The smallest absolute Gasteiger partial charge is 0.325 e. The second-order valence-electron chi connectivity index (χ2n) is 9.59. The van der Waals surface area contributed by atoms with Gasteiger partial charge in [-0.15, -0.1) is 0 Å². The number of hydrogen-bond donors (Lipinski definition) is 1. The predicted octanol–water partition coefficient (Wildman–Crippen LogP) is 3.34. The first-order chi connectivity index (χ1) is 17.7. The molecule has 2 heterocycles. The molecule has 9 heteroatoms. The zero-order valence-corrected chi connectivity index (χ0v) is 22.2. The number of nitrogens with one attached hydrogen (secondary N) is 1. The van der Waals surface area contributed by atoms with Gasteiger partial charge in [0.1, 0.15) is 12.4 Å². The number of esters is 1. The second kappa shape index (κ2) is 11.1. The van der Waals surface area contributed by atoms with Gasteiger partial charge in [-0.05, 0) is 58.4 Å². The number of urea groups is 1. The number of ether oxygens (including phenoxy) is 1. The van der Waals surface area contributed by atoms with Crippen LogP contribution in [0, 0.1) is 13.8 Å². The lowest BCUT2D eigenvalue weighted by molar-refractivity contribution is -0.141. The molecule has 1 aliphatic heterocycles. The van der Waals surface area contributed by atoms with Crippen LogP contribution in [-0.2, 0) is 9.53 Å². The molecule has 196 valence electrons. The van der Waals surface area contributed by atoms with E-state index >= 15 is 0 Å². The van der Waals surface area contributed by atoms with E-state index in [-0.39, 0.29) is 36.8 Å². The normalized spacial score (nSPS) is 17.0. The Hall–Kier alpha value is -3.72. The first-order valence-electron chi connectivity index (χ1n) is 12.7. The number of fused-ring (bicyclic) bond motifs is 1. The number of rotatable bonds is 6. The van der Waals surface area contributed by atoms with Gasteiger partial charge in [0.2, 0.25) is 0 Å². The van der Waals surface area contributed by atoms with E-state index in [0.717, 1.165) is 16.8 Å². The Morgan fingerprint density at radius 1 is 1.16 bits per heavy atom. The van der Waals surface area contributed by atoms with Crippen molar-refractivity contribution in [2.45, 2.75) is 46.7 Å². The van der Waals surface area contributed by atoms with Gasteiger partial charge in [0, 0.05) is 25.7 Å². The number of para-hydroxylation sites is 1. The molecule has 2 atom stereocenters. The number of carbonyl (C=O) groups excluding carboxylic acids is 2. The van der Waals surface area contributed by atoms with Gasteiger partial charge >= 0.3 is 12.0 Å². The van der Waals surface area contributed by atoms with Crippen molar-refractivity contribution in [2.75, 3.05) is 32.8 Å². The first-order valence-corrected chi connectivity index (χ1v) is 12.7. The molecule has 0 spiro atoms. The van der Waals surface area contributed by atoms with E-state index in [0.29, 0.717) is 36.4 Å². The maximum Gasteiger partial charge on any atom is 0.325 e. The first kappa shape index (κ1) is 26.3. The summed E-state index contributed by atoms with van der Waals surface area (Å²) in [6.45, 7) is 11.6. The quantitative estimate of drug-likeness (QED) is 0.516. The highest BCUT2D eigenvalue weighted by molar-refractivity contribution is 5.81.